The monoisotopic (exact) mass is 513 g/mol. The molecule has 0 bridgehead atoms. The molecule has 1 amide bonds. The van der Waals surface area contributed by atoms with Gasteiger partial charge < -0.3 is 19.8 Å². The Morgan fingerprint density at radius 1 is 0.800 bits per heavy atom. The minimum Gasteiger partial charge on any atom is -0.491 e. The van der Waals surface area contributed by atoms with Gasteiger partial charge in [0, 0.05) is 6.42 Å². The number of carbonyl (C=O) groups is 1. The summed E-state index contributed by atoms with van der Waals surface area (Å²) < 4.78 is 21.2. The van der Waals surface area contributed by atoms with Crippen molar-refractivity contribution in [2.45, 2.75) is 116 Å². The number of phosphoric acid groups is 1. The molecule has 0 aliphatic rings. The van der Waals surface area contributed by atoms with E-state index in [4.69, 9.17) is 14.5 Å². The van der Waals surface area contributed by atoms with E-state index < -0.39 is 13.9 Å². The third-order valence-electron chi connectivity index (χ3n) is 6.01. The van der Waals surface area contributed by atoms with Crippen LogP contribution in [0.1, 0.15) is 110 Å². The molecule has 8 heteroatoms. The van der Waals surface area contributed by atoms with E-state index in [9.17, 15) is 9.36 Å². The fraction of sp³-hybridized carbons (Fsp3) is 0.741. The van der Waals surface area contributed by atoms with Crippen molar-refractivity contribution >= 4 is 13.7 Å². The number of amides is 1. The van der Waals surface area contributed by atoms with E-state index in [1.807, 2.05) is 18.2 Å². The Labute approximate surface area is 212 Å². The van der Waals surface area contributed by atoms with Gasteiger partial charge in [-0.05, 0) is 18.6 Å². The van der Waals surface area contributed by atoms with Crippen LogP contribution in [0.5, 0.6) is 5.75 Å². The zero-order valence-electron chi connectivity index (χ0n) is 21.7. The second-order valence-corrected chi connectivity index (χ2v) is 10.6. The molecule has 0 heterocycles. The Morgan fingerprint density at radius 2 is 1.29 bits per heavy atom. The molecule has 0 aliphatic heterocycles. The van der Waals surface area contributed by atoms with Crippen molar-refractivity contribution in [2.75, 3.05) is 13.2 Å². The highest BCUT2D eigenvalue weighted by Crippen LogP contribution is 2.35. The molecule has 1 rings (SSSR count). The van der Waals surface area contributed by atoms with E-state index in [-0.39, 0.29) is 19.1 Å². The normalized spacial score (nSPS) is 12.4. The summed E-state index contributed by atoms with van der Waals surface area (Å²) in [4.78, 5) is 30.3. The van der Waals surface area contributed by atoms with Crippen LogP contribution >= 0.6 is 7.82 Å². The van der Waals surface area contributed by atoms with Crippen LogP contribution in [0.15, 0.2) is 30.3 Å². The fourth-order valence-corrected chi connectivity index (χ4v) is 4.36. The summed E-state index contributed by atoms with van der Waals surface area (Å²) in [6.45, 7) is 2.00. The number of hydrogen-bond donors (Lipinski definition) is 3. The molecule has 0 spiro atoms. The number of rotatable bonds is 23. The molecule has 0 aliphatic carbocycles. The molecule has 1 aromatic rings. The lowest BCUT2D eigenvalue weighted by Crippen LogP contribution is -2.42. The maximum Gasteiger partial charge on any atom is 0.469 e. The number of hydrogen-bond acceptors (Lipinski definition) is 4. The second kappa shape index (κ2) is 20.8. The summed E-state index contributed by atoms with van der Waals surface area (Å²) in [5.74, 6) is 0.459. The van der Waals surface area contributed by atoms with Gasteiger partial charge in [0.15, 0.2) is 0 Å². The molecule has 7 nitrogen and oxygen atoms in total. The van der Waals surface area contributed by atoms with Crippen molar-refractivity contribution in [3.63, 3.8) is 0 Å². The van der Waals surface area contributed by atoms with E-state index in [0.29, 0.717) is 12.2 Å². The zero-order chi connectivity index (χ0) is 25.6. The molecule has 35 heavy (non-hydrogen) atoms. The quantitative estimate of drug-likeness (QED) is 0.108. The lowest BCUT2D eigenvalue weighted by Gasteiger charge is -2.19. The lowest BCUT2D eigenvalue weighted by atomic mass is 10.0. The summed E-state index contributed by atoms with van der Waals surface area (Å²) in [5.41, 5.74) is 0. The molecule has 202 valence electrons. The fourth-order valence-electron chi connectivity index (χ4n) is 3.99. The Balaban J connectivity index is 2.07. The van der Waals surface area contributed by atoms with Crippen LogP contribution in [-0.4, -0.2) is 34.9 Å². The summed E-state index contributed by atoms with van der Waals surface area (Å²) in [7, 11) is -4.62. The molecule has 0 radical (unpaired) electrons. The van der Waals surface area contributed by atoms with Gasteiger partial charge in [0.1, 0.15) is 12.4 Å². The largest absolute Gasteiger partial charge is 0.491 e. The van der Waals surface area contributed by atoms with E-state index in [2.05, 4.69) is 16.8 Å². The first-order valence-electron chi connectivity index (χ1n) is 13.6. The van der Waals surface area contributed by atoms with E-state index in [0.717, 1.165) is 19.3 Å². The lowest BCUT2D eigenvalue weighted by molar-refractivity contribution is -0.122. The van der Waals surface area contributed by atoms with Crippen LogP contribution in [0.4, 0.5) is 0 Å². The third-order valence-corrected chi connectivity index (χ3v) is 6.50. The van der Waals surface area contributed by atoms with Crippen LogP contribution in [0, 0.1) is 0 Å². The highest BCUT2D eigenvalue weighted by molar-refractivity contribution is 7.46. The first-order valence-corrected chi connectivity index (χ1v) is 15.1. The number of carbonyl (C=O) groups excluding carboxylic acids is 1. The van der Waals surface area contributed by atoms with Crippen molar-refractivity contribution in [3.8, 4) is 5.75 Å². The van der Waals surface area contributed by atoms with Crippen molar-refractivity contribution in [3.05, 3.63) is 30.3 Å². The predicted molar refractivity (Wildman–Crippen MR) is 141 cm³/mol. The van der Waals surface area contributed by atoms with Gasteiger partial charge in [-0.1, -0.05) is 115 Å². The van der Waals surface area contributed by atoms with Crippen LogP contribution in [-0.2, 0) is 13.9 Å². The standard InChI is InChI=1S/C27H48NO6P/c1-2-3-4-5-6-7-8-9-10-11-12-13-14-15-19-22-27(29)28-25(24-34-35(30,31)32)23-33-26-20-17-16-18-21-26/h16-18,20-21,25H,2-15,19,22-24H2,1H3,(H,28,29)(H2,30,31,32)/t25-/m0/s1. The minimum absolute atomic E-state index is 0.0641. The highest BCUT2D eigenvalue weighted by Gasteiger charge is 2.20. The first-order chi connectivity index (χ1) is 16.9. The van der Waals surface area contributed by atoms with Gasteiger partial charge >= 0.3 is 7.82 Å². The molecule has 0 saturated heterocycles. The Morgan fingerprint density at radius 3 is 1.77 bits per heavy atom. The maximum atomic E-state index is 12.3. The van der Waals surface area contributed by atoms with Crippen molar-refractivity contribution < 1.29 is 28.4 Å². The maximum absolute atomic E-state index is 12.3. The number of para-hydroxylation sites is 1. The summed E-state index contributed by atoms with van der Waals surface area (Å²) >= 11 is 0. The molecule has 1 atom stereocenters. The van der Waals surface area contributed by atoms with E-state index in [1.165, 1.54) is 77.0 Å². The van der Waals surface area contributed by atoms with Crippen molar-refractivity contribution in [1.29, 1.82) is 0 Å². The Kier molecular flexibility index (Phi) is 18.8. The van der Waals surface area contributed by atoms with Crippen molar-refractivity contribution in [2.24, 2.45) is 0 Å². The molecular weight excluding hydrogens is 465 g/mol. The van der Waals surface area contributed by atoms with Gasteiger partial charge in [0.25, 0.3) is 0 Å². The molecule has 0 unspecified atom stereocenters. The van der Waals surface area contributed by atoms with Crippen LogP contribution < -0.4 is 10.1 Å². The van der Waals surface area contributed by atoms with Gasteiger partial charge in [0.05, 0.1) is 12.6 Å². The number of ether oxygens (including phenoxy) is 1. The first kappa shape index (κ1) is 31.6. The van der Waals surface area contributed by atoms with Gasteiger partial charge in [-0.25, -0.2) is 4.57 Å². The topological polar surface area (TPSA) is 105 Å². The minimum atomic E-state index is -4.62. The summed E-state index contributed by atoms with van der Waals surface area (Å²) in [5, 5.41) is 2.78. The Bertz CT molecular complexity index is 682. The van der Waals surface area contributed by atoms with Crippen molar-refractivity contribution in [1.82, 2.24) is 5.32 Å². The molecule has 3 N–H and O–H groups in total. The van der Waals surface area contributed by atoms with E-state index in [1.54, 1.807) is 12.1 Å². The van der Waals surface area contributed by atoms with Gasteiger partial charge in [0.2, 0.25) is 5.91 Å². The third kappa shape index (κ3) is 20.5. The molecular formula is C27H48NO6P. The van der Waals surface area contributed by atoms with E-state index >= 15 is 0 Å². The summed E-state index contributed by atoms with van der Waals surface area (Å²) in [6.07, 6.45) is 19.4. The molecule has 0 fully saturated rings. The Hall–Kier alpha value is -1.40. The highest BCUT2D eigenvalue weighted by atomic mass is 31.2. The smallest absolute Gasteiger partial charge is 0.469 e. The van der Waals surface area contributed by atoms with Gasteiger partial charge in [-0.15, -0.1) is 0 Å². The molecule has 0 saturated carbocycles. The number of phosphoric ester groups is 1. The SMILES string of the molecule is CCCCCCCCCCCCCCCCCC(=O)N[C@@H](COc1ccccc1)COP(=O)(O)O. The zero-order valence-corrected chi connectivity index (χ0v) is 22.6. The average Bonchev–Trinajstić information content (AvgIpc) is 2.83. The van der Waals surface area contributed by atoms with Crippen LogP contribution in [0.3, 0.4) is 0 Å². The van der Waals surface area contributed by atoms with Gasteiger partial charge in [-0.2, -0.15) is 0 Å². The number of benzene rings is 1. The second-order valence-electron chi connectivity index (χ2n) is 9.37. The predicted octanol–water partition coefficient (Wildman–Crippen LogP) is 6.92. The van der Waals surface area contributed by atoms with Crippen LogP contribution in [0.2, 0.25) is 0 Å². The average molecular weight is 514 g/mol. The van der Waals surface area contributed by atoms with Gasteiger partial charge in [-0.3, -0.25) is 9.32 Å². The summed E-state index contributed by atoms with van der Waals surface area (Å²) in [6, 6.07) is 8.42. The van der Waals surface area contributed by atoms with Crippen LogP contribution in [0.25, 0.3) is 0 Å². The number of unbranched alkanes of at least 4 members (excludes halogenated alkanes) is 14. The molecule has 1 aromatic carbocycles. The molecule has 0 aromatic heterocycles. The number of nitrogens with one attached hydrogen (secondary N) is 1.